The topological polar surface area (TPSA) is 130 Å². The van der Waals surface area contributed by atoms with Gasteiger partial charge in [-0.3, -0.25) is 14.4 Å². The van der Waals surface area contributed by atoms with Gasteiger partial charge >= 0.3 is 11.9 Å². The maximum Gasteiger partial charge on any atom is 0.306 e. The van der Waals surface area contributed by atoms with Crippen LogP contribution in [0, 0.1) is 11.8 Å². The predicted octanol–water partition coefficient (Wildman–Crippen LogP) is 4.97. The molecular formula is C31H52O8. The largest absolute Gasteiger partial charge is 0.462 e. The van der Waals surface area contributed by atoms with Crippen molar-refractivity contribution in [2.45, 2.75) is 128 Å². The molecule has 8 nitrogen and oxygen atoms in total. The Hall–Kier alpha value is -2.03. The zero-order valence-electron chi connectivity index (χ0n) is 24.1. The molecule has 0 aromatic carbocycles. The smallest absolute Gasteiger partial charge is 0.306 e. The molecule has 0 aromatic heterocycles. The van der Waals surface area contributed by atoms with Gasteiger partial charge in [-0.15, -0.1) is 0 Å². The van der Waals surface area contributed by atoms with Gasteiger partial charge in [-0.1, -0.05) is 83.1 Å². The van der Waals surface area contributed by atoms with E-state index >= 15 is 0 Å². The molecule has 0 amide bonds. The van der Waals surface area contributed by atoms with Gasteiger partial charge in [0.1, 0.15) is 12.4 Å². The second-order valence-corrected chi connectivity index (χ2v) is 10.6. The minimum absolute atomic E-state index is 0.0291. The van der Waals surface area contributed by atoms with E-state index in [-0.39, 0.29) is 43.0 Å². The fraction of sp³-hybridized carbons (Fsp3) is 0.774. The van der Waals surface area contributed by atoms with E-state index in [0.29, 0.717) is 32.1 Å². The van der Waals surface area contributed by atoms with Crippen molar-refractivity contribution in [3.05, 3.63) is 24.3 Å². The molecule has 8 heteroatoms. The first kappa shape index (κ1) is 35.0. The predicted molar refractivity (Wildman–Crippen MR) is 151 cm³/mol. The van der Waals surface area contributed by atoms with Crippen molar-refractivity contribution >= 4 is 17.7 Å². The number of carbonyl (C=O) groups excluding carboxylic acids is 3. The zero-order valence-corrected chi connectivity index (χ0v) is 24.1. The molecular weight excluding hydrogens is 500 g/mol. The summed E-state index contributed by atoms with van der Waals surface area (Å²) in [5, 5.41) is 29.9. The molecule has 1 fully saturated rings. The fourth-order valence-electron chi connectivity index (χ4n) is 4.71. The van der Waals surface area contributed by atoms with E-state index in [2.05, 4.69) is 13.8 Å². The molecule has 0 bridgehead atoms. The van der Waals surface area contributed by atoms with E-state index in [4.69, 9.17) is 9.47 Å². The Bertz CT molecular complexity index is 747. The van der Waals surface area contributed by atoms with E-state index in [9.17, 15) is 29.7 Å². The minimum Gasteiger partial charge on any atom is -0.462 e. The number of hydrogen-bond acceptors (Lipinski definition) is 8. The summed E-state index contributed by atoms with van der Waals surface area (Å²) in [6.07, 6.45) is 16.4. The number of Topliss-reactive ketones (excluding diaryl/α,β-unsaturated/α-hetero) is 1. The van der Waals surface area contributed by atoms with Crippen molar-refractivity contribution < 1.29 is 39.2 Å². The lowest BCUT2D eigenvalue weighted by atomic mass is 9.90. The van der Waals surface area contributed by atoms with Crippen molar-refractivity contribution in [3.63, 3.8) is 0 Å². The Kier molecular flexibility index (Phi) is 19.5. The quantitative estimate of drug-likeness (QED) is 0.0974. The van der Waals surface area contributed by atoms with Crippen LogP contribution in [0.3, 0.4) is 0 Å². The molecule has 39 heavy (non-hydrogen) atoms. The molecule has 3 N–H and O–H groups in total. The molecule has 1 aliphatic rings. The van der Waals surface area contributed by atoms with Crippen LogP contribution >= 0.6 is 0 Å². The molecule has 0 radical (unpaired) electrons. The fourth-order valence-corrected chi connectivity index (χ4v) is 4.71. The van der Waals surface area contributed by atoms with Crippen LogP contribution in [-0.4, -0.2) is 64.6 Å². The number of allylic oxidation sites excluding steroid dienone is 2. The second kappa shape index (κ2) is 21.8. The Balaban J connectivity index is 2.29. The van der Waals surface area contributed by atoms with Gasteiger partial charge in [0, 0.05) is 31.1 Å². The highest BCUT2D eigenvalue weighted by atomic mass is 16.6. The van der Waals surface area contributed by atoms with Crippen molar-refractivity contribution in [3.8, 4) is 0 Å². The number of ether oxygens (including phenoxy) is 2. The van der Waals surface area contributed by atoms with Crippen molar-refractivity contribution in [2.24, 2.45) is 11.8 Å². The summed E-state index contributed by atoms with van der Waals surface area (Å²) in [6.45, 7) is 3.67. The zero-order chi connectivity index (χ0) is 28.9. The van der Waals surface area contributed by atoms with E-state index in [0.717, 1.165) is 51.4 Å². The first-order valence-corrected chi connectivity index (χ1v) is 15.0. The first-order valence-electron chi connectivity index (χ1n) is 15.0. The molecule has 1 aliphatic carbocycles. The van der Waals surface area contributed by atoms with Crippen molar-refractivity contribution in [1.82, 2.24) is 0 Å². The Labute approximate surface area is 234 Å². The van der Waals surface area contributed by atoms with Gasteiger partial charge < -0.3 is 24.8 Å². The number of hydrogen-bond donors (Lipinski definition) is 3. The van der Waals surface area contributed by atoms with Crippen LogP contribution in [-0.2, 0) is 23.9 Å². The number of aliphatic hydroxyl groups is 3. The van der Waals surface area contributed by atoms with Crippen LogP contribution in [0.4, 0.5) is 0 Å². The van der Waals surface area contributed by atoms with Crippen LogP contribution in [0.5, 0.6) is 0 Å². The number of aliphatic hydroxyl groups excluding tert-OH is 3. The summed E-state index contributed by atoms with van der Waals surface area (Å²) >= 11 is 0. The van der Waals surface area contributed by atoms with Gasteiger partial charge in [0.25, 0.3) is 0 Å². The lowest BCUT2D eigenvalue weighted by Crippen LogP contribution is -2.28. The van der Waals surface area contributed by atoms with Gasteiger partial charge in [-0.05, 0) is 32.1 Å². The van der Waals surface area contributed by atoms with Crippen molar-refractivity contribution in [1.29, 1.82) is 0 Å². The van der Waals surface area contributed by atoms with E-state index in [1.807, 2.05) is 12.2 Å². The normalized spacial score (nSPS) is 21.1. The average Bonchev–Trinajstić information content (AvgIpc) is 3.18. The van der Waals surface area contributed by atoms with Gasteiger partial charge in [-0.2, -0.15) is 0 Å². The molecule has 0 saturated heterocycles. The number of unbranched alkanes of at least 4 members (excludes halogenated alkanes) is 7. The van der Waals surface area contributed by atoms with Crippen LogP contribution in [0.2, 0.25) is 0 Å². The summed E-state index contributed by atoms with van der Waals surface area (Å²) in [4.78, 5) is 36.3. The lowest BCUT2D eigenvalue weighted by Gasteiger charge is -2.16. The highest BCUT2D eigenvalue weighted by molar-refractivity contribution is 5.84. The third kappa shape index (κ3) is 16.0. The van der Waals surface area contributed by atoms with E-state index in [1.165, 1.54) is 0 Å². The minimum atomic E-state index is -0.851. The number of rotatable bonds is 22. The standard InChI is InChI=1S/C31H52O8/c1-3-5-7-8-14-18-31(37)39-25(22-32)23-38-30(36)17-13-10-9-12-16-26-27(29(35)21-28(26)34)20-19-24(33)15-11-6-4-2/h9,12,19-20,24-27,29,32-33,35H,3-8,10-11,13-18,21-23H2,1-2H3/b12-9-,20-19+/t24-,25-,26+,27+,29+/m0/s1. The molecule has 0 spiro atoms. The lowest BCUT2D eigenvalue weighted by molar-refractivity contribution is -0.161. The van der Waals surface area contributed by atoms with Crippen LogP contribution < -0.4 is 0 Å². The van der Waals surface area contributed by atoms with Gasteiger partial charge in [0.2, 0.25) is 0 Å². The van der Waals surface area contributed by atoms with Gasteiger partial charge in [-0.25, -0.2) is 0 Å². The highest BCUT2D eigenvalue weighted by Gasteiger charge is 2.39. The maximum atomic E-state index is 12.4. The molecule has 1 saturated carbocycles. The third-order valence-corrected chi connectivity index (χ3v) is 7.12. The summed E-state index contributed by atoms with van der Waals surface area (Å²) < 4.78 is 10.4. The number of ketones is 1. The molecule has 1 rings (SSSR count). The Morgan fingerprint density at radius 3 is 2.38 bits per heavy atom. The monoisotopic (exact) mass is 552 g/mol. The number of esters is 2. The highest BCUT2D eigenvalue weighted by Crippen LogP contribution is 2.33. The maximum absolute atomic E-state index is 12.4. The molecule has 224 valence electrons. The van der Waals surface area contributed by atoms with E-state index in [1.54, 1.807) is 12.2 Å². The second-order valence-electron chi connectivity index (χ2n) is 10.6. The van der Waals surface area contributed by atoms with Crippen LogP contribution in [0.1, 0.15) is 110 Å². The number of carbonyl (C=O) groups is 3. The Morgan fingerprint density at radius 2 is 1.67 bits per heavy atom. The third-order valence-electron chi connectivity index (χ3n) is 7.12. The molecule has 0 heterocycles. The van der Waals surface area contributed by atoms with Crippen LogP contribution in [0.15, 0.2) is 24.3 Å². The molecule has 0 aromatic rings. The van der Waals surface area contributed by atoms with Gasteiger partial charge in [0.15, 0.2) is 6.10 Å². The van der Waals surface area contributed by atoms with Crippen LogP contribution in [0.25, 0.3) is 0 Å². The Morgan fingerprint density at radius 1 is 0.974 bits per heavy atom. The average molecular weight is 553 g/mol. The molecule has 5 atom stereocenters. The van der Waals surface area contributed by atoms with Gasteiger partial charge in [0.05, 0.1) is 18.8 Å². The summed E-state index contributed by atoms with van der Waals surface area (Å²) in [5.74, 6) is -1.39. The van der Waals surface area contributed by atoms with E-state index < -0.39 is 30.9 Å². The summed E-state index contributed by atoms with van der Waals surface area (Å²) in [7, 11) is 0. The SMILES string of the molecule is CCCCCCCC(=O)O[C@@H](CO)COC(=O)CCC/C=C\C[C@H]1C(=O)C[C@@H](O)[C@@H]1/C=C/[C@@H](O)CCCCC. The molecule has 0 unspecified atom stereocenters. The van der Waals surface area contributed by atoms with Crippen molar-refractivity contribution in [2.75, 3.05) is 13.2 Å². The molecule has 0 aliphatic heterocycles. The first-order chi connectivity index (χ1) is 18.8. The summed E-state index contributed by atoms with van der Waals surface area (Å²) in [5.41, 5.74) is 0. The summed E-state index contributed by atoms with van der Waals surface area (Å²) in [6, 6.07) is 0.